The normalized spacial score (nSPS) is 15.4. The molecule has 2 aromatic heterocycles. The second-order valence-corrected chi connectivity index (χ2v) is 6.63. The number of likely N-dealkylation sites (tertiary alicyclic amines) is 1. The third-order valence-corrected chi connectivity index (χ3v) is 5.01. The second-order valence-electron chi connectivity index (χ2n) is 5.69. The summed E-state index contributed by atoms with van der Waals surface area (Å²) < 4.78 is 1.17. The molecule has 0 spiro atoms. The molecule has 0 radical (unpaired) electrons. The second kappa shape index (κ2) is 6.96. The number of carbonyl (C=O) groups excluding carboxylic acids is 1. The molecule has 3 heterocycles. The number of aliphatic carboxylic acids is 1. The Bertz CT molecular complexity index is 792. The van der Waals surface area contributed by atoms with Crippen LogP contribution in [0.4, 0.5) is 0 Å². The van der Waals surface area contributed by atoms with Crippen LogP contribution in [0.2, 0.25) is 0 Å². The van der Waals surface area contributed by atoms with Crippen molar-refractivity contribution in [2.75, 3.05) is 13.1 Å². The largest absolute Gasteiger partial charge is 0.481 e. The van der Waals surface area contributed by atoms with E-state index in [0.29, 0.717) is 31.6 Å². The summed E-state index contributed by atoms with van der Waals surface area (Å²) >= 11 is 1.51. The van der Waals surface area contributed by atoms with Crippen molar-refractivity contribution in [1.82, 2.24) is 14.7 Å². The maximum absolute atomic E-state index is 12.4. The van der Waals surface area contributed by atoms with Crippen LogP contribution in [0.25, 0.3) is 10.6 Å². The lowest BCUT2D eigenvalue weighted by molar-refractivity contribution is -0.145. The standard InChI is InChI=1S/C16H17N3O4S/c20-14-4-3-12(13-2-1-9-24-13)17-19(14)10-15(21)18-7-5-11(6-8-18)16(22)23/h1-4,9,11H,5-8,10H2,(H,22,23). The Balaban J connectivity index is 1.70. The minimum Gasteiger partial charge on any atom is -0.481 e. The molecule has 0 saturated carbocycles. The van der Waals surface area contributed by atoms with Gasteiger partial charge >= 0.3 is 5.97 Å². The molecule has 1 fully saturated rings. The summed E-state index contributed by atoms with van der Waals surface area (Å²) in [5, 5.41) is 15.2. The Kier molecular flexibility index (Phi) is 4.75. The van der Waals surface area contributed by atoms with Gasteiger partial charge in [-0.05, 0) is 30.4 Å². The number of carboxylic acid groups (broad SMARTS) is 1. The quantitative estimate of drug-likeness (QED) is 0.900. The van der Waals surface area contributed by atoms with Crippen molar-refractivity contribution in [2.24, 2.45) is 5.92 Å². The van der Waals surface area contributed by atoms with Gasteiger partial charge in [0.1, 0.15) is 12.2 Å². The molecule has 0 atom stereocenters. The monoisotopic (exact) mass is 347 g/mol. The van der Waals surface area contributed by atoms with Gasteiger partial charge in [0.25, 0.3) is 5.56 Å². The molecule has 3 rings (SSSR count). The summed E-state index contributed by atoms with van der Waals surface area (Å²) in [5.74, 6) is -1.42. The van der Waals surface area contributed by atoms with Gasteiger partial charge in [0, 0.05) is 19.2 Å². The molecule has 1 saturated heterocycles. The summed E-state index contributed by atoms with van der Waals surface area (Å²) in [6.07, 6.45) is 0.886. The number of amides is 1. The van der Waals surface area contributed by atoms with Crippen LogP contribution in [-0.4, -0.2) is 44.8 Å². The van der Waals surface area contributed by atoms with Gasteiger partial charge in [-0.2, -0.15) is 5.10 Å². The first-order valence-electron chi connectivity index (χ1n) is 7.67. The first kappa shape index (κ1) is 16.4. The Hall–Kier alpha value is -2.48. The Morgan fingerprint density at radius 2 is 2.00 bits per heavy atom. The predicted octanol–water partition coefficient (Wildman–Crippen LogP) is 1.29. The number of rotatable bonds is 4. The topological polar surface area (TPSA) is 92.5 Å². The van der Waals surface area contributed by atoms with Crippen molar-refractivity contribution < 1.29 is 14.7 Å². The van der Waals surface area contributed by atoms with E-state index in [4.69, 9.17) is 5.11 Å². The highest BCUT2D eigenvalue weighted by molar-refractivity contribution is 7.13. The molecule has 126 valence electrons. The maximum atomic E-state index is 12.4. The van der Waals surface area contributed by atoms with Crippen LogP contribution < -0.4 is 5.56 Å². The number of piperidine rings is 1. The van der Waals surface area contributed by atoms with E-state index in [1.54, 1.807) is 11.0 Å². The molecule has 24 heavy (non-hydrogen) atoms. The van der Waals surface area contributed by atoms with Gasteiger partial charge in [-0.3, -0.25) is 14.4 Å². The van der Waals surface area contributed by atoms with E-state index in [1.165, 1.54) is 22.1 Å². The molecular formula is C16H17N3O4S. The first-order chi connectivity index (χ1) is 11.5. The van der Waals surface area contributed by atoms with Gasteiger partial charge in [0.05, 0.1) is 10.8 Å². The molecule has 0 aromatic carbocycles. The number of aromatic nitrogens is 2. The van der Waals surface area contributed by atoms with Gasteiger partial charge in [-0.15, -0.1) is 11.3 Å². The highest BCUT2D eigenvalue weighted by atomic mass is 32.1. The summed E-state index contributed by atoms with van der Waals surface area (Å²) in [6, 6.07) is 6.86. The number of hydrogen-bond acceptors (Lipinski definition) is 5. The van der Waals surface area contributed by atoms with E-state index in [9.17, 15) is 14.4 Å². The molecule has 2 aromatic rings. The third kappa shape index (κ3) is 3.53. The summed E-state index contributed by atoms with van der Waals surface area (Å²) in [6.45, 7) is 0.667. The van der Waals surface area contributed by atoms with Crippen LogP contribution in [0, 0.1) is 5.92 Å². The fourth-order valence-corrected chi connectivity index (χ4v) is 3.41. The molecule has 0 aliphatic carbocycles. The lowest BCUT2D eigenvalue weighted by Crippen LogP contribution is -2.43. The van der Waals surface area contributed by atoms with Gasteiger partial charge in [0.2, 0.25) is 5.91 Å². The SMILES string of the molecule is O=C(O)C1CCN(C(=O)Cn2nc(-c3cccs3)ccc2=O)CC1. The molecule has 1 aliphatic rings. The minimum atomic E-state index is -0.816. The molecule has 8 heteroatoms. The van der Waals surface area contributed by atoms with Crippen molar-refractivity contribution in [3.63, 3.8) is 0 Å². The predicted molar refractivity (Wildman–Crippen MR) is 88.7 cm³/mol. The van der Waals surface area contributed by atoms with Crippen LogP contribution in [0.1, 0.15) is 12.8 Å². The van der Waals surface area contributed by atoms with E-state index in [0.717, 1.165) is 4.88 Å². The van der Waals surface area contributed by atoms with E-state index >= 15 is 0 Å². The van der Waals surface area contributed by atoms with E-state index in [2.05, 4.69) is 5.10 Å². The van der Waals surface area contributed by atoms with Crippen molar-refractivity contribution in [2.45, 2.75) is 19.4 Å². The van der Waals surface area contributed by atoms with E-state index in [-0.39, 0.29) is 18.0 Å². The number of carboxylic acids is 1. The Morgan fingerprint density at radius 3 is 2.62 bits per heavy atom. The van der Waals surface area contributed by atoms with Gasteiger partial charge in [0.15, 0.2) is 0 Å². The molecule has 1 aliphatic heterocycles. The zero-order valence-electron chi connectivity index (χ0n) is 12.9. The summed E-state index contributed by atoms with van der Waals surface area (Å²) in [7, 11) is 0. The molecule has 1 N–H and O–H groups in total. The lowest BCUT2D eigenvalue weighted by Gasteiger charge is -2.30. The maximum Gasteiger partial charge on any atom is 0.306 e. The van der Waals surface area contributed by atoms with Crippen molar-refractivity contribution in [1.29, 1.82) is 0 Å². The highest BCUT2D eigenvalue weighted by Gasteiger charge is 2.27. The highest BCUT2D eigenvalue weighted by Crippen LogP contribution is 2.21. The van der Waals surface area contributed by atoms with Crippen molar-refractivity contribution in [3.8, 4) is 10.6 Å². The van der Waals surface area contributed by atoms with Gasteiger partial charge in [-0.25, -0.2) is 4.68 Å². The third-order valence-electron chi connectivity index (χ3n) is 4.12. The van der Waals surface area contributed by atoms with Crippen LogP contribution in [0.3, 0.4) is 0 Å². The Morgan fingerprint density at radius 1 is 1.25 bits per heavy atom. The average molecular weight is 347 g/mol. The van der Waals surface area contributed by atoms with Crippen LogP contribution in [0.5, 0.6) is 0 Å². The molecule has 0 unspecified atom stereocenters. The first-order valence-corrected chi connectivity index (χ1v) is 8.55. The fourth-order valence-electron chi connectivity index (χ4n) is 2.72. The smallest absolute Gasteiger partial charge is 0.306 e. The number of carbonyl (C=O) groups is 2. The number of thiophene rings is 1. The summed E-state index contributed by atoms with van der Waals surface area (Å²) in [4.78, 5) is 37.8. The average Bonchev–Trinajstić information content (AvgIpc) is 3.11. The molecule has 7 nitrogen and oxygen atoms in total. The zero-order valence-corrected chi connectivity index (χ0v) is 13.7. The van der Waals surface area contributed by atoms with Gasteiger partial charge < -0.3 is 10.0 Å². The molecule has 1 amide bonds. The van der Waals surface area contributed by atoms with E-state index < -0.39 is 11.9 Å². The van der Waals surface area contributed by atoms with Gasteiger partial charge in [-0.1, -0.05) is 6.07 Å². The van der Waals surface area contributed by atoms with Crippen LogP contribution >= 0.6 is 11.3 Å². The summed E-state index contributed by atoms with van der Waals surface area (Å²) in [5.41, 5.74) is 0.325. The lowest BCUT2D eigenvalue weighted by atomic mass is 9.97. The fraction of sp³-hybridized carbons (Fsp3) is 0.375. The number of nitrogens with zero attached hydrogens (tertiary/aromatic N) is 3. The van der Waals surface area contributed by atoms with Crippen LogP contribution in [0.15, 0.2) is 34.4 Å². The minimum absolute atomic E-state index is 0.129. The Labute approximate surface area is 142 Å². The van der Waals surface area contributed by atoms with Crippen LogP contribution in [-0.2, 0) is 16.1 Å². The van der Waals surface area contributed by atoms with Crippen molar-refractivity contribution in [3.05, 3.63) is 40.0 Å². The van der Waals surface area contributed by atoms with E-state index in [1.807, 2.05) is 17.5 Å². The molecular weight excluding hydrogens is 330 g/mol. The zero-order chi connectivity index (χ0) is 17.1. The van der Waals surface area contributed by atoms with Crippen molar-refractivity contribution >= 4 is 23.2 Å². The molecule has 0 bridgehead atoms. The number of hydrogen-bond donors (Lipinski definition) is 1.